The van der Waals surface area contributed by atoms with Crippen molar-refractivity contribution in [3.8, 4) is 0 Å². The molecule has 0 unspecified atom stereocenters. The lowest BCUT2D eigenvalue weighted by Crippen LogP contribution is -2.26. The summed E-state index contributed by atoms with van der Waals surface area (Å²) in [7, 11) is 0. The first-order valence-corrected chi connectivity index (χ1v) is 11.0. The molecule has 1 aliphatic heterocycles. The molecule has 1 aliphatic rings. The van der Waals surface area contributed by atoms with E-state index in [0.29, 0.717) is 38.8 Å². The molecule has 0 radical (unpaired) electrons. The Morgan fingerprint density at radius 3 is 2.65 bits per heavy atom. The number of ketones is 1. The Hall–Kier alpha value is -1.30. The van der Waals surface area contributed by atoms with Gasteiger partial charge in [-0.05, 0) is 31.9 Å². The summed E-state index contributed by atoms with van der Waals surface area (Å²) < 4.78 is 4.90. The van der Waals surface area contributed by atoms with E-state index < -0.39 is 0 Å². The lowest BCUT2D eigenvalue weighted by Gasteiger charge is -2.18. The highest BCUT2D eigenvalue weighted by molar-refractivity contribution is 7.99. The zero-order valence-electron chi connectivity index (χ0n) is 16.3. The van der Waals surface area contributed by atoms with Gasteiger partial charge in [0.05, 0.1) is 6.61 Å². The van der Waals surface area contributed by atoms with Crippen LogP contribution in [0.4, 0.5) is 0 Å². The molecule has 1 amide bonds. The lowest BCUT2D eigenvalue weighted by molar-refractivity contribution is -0.143. The van der Waals surface area contributed by atoms with Crippen molar-refractivity contribution >= 4 is 29.4 Å². The number of allylic oxidation sites excluding steroid dienone is 2. The number of carbonyl (C=O) groups excluding carboxylic acids is 3. The van der Waals surface area contributed by atoms with Crippen LogP contribution in [0.3, 0.4) is 0 Å². The number of esters is 1. The summed E-state index contributed by atoms with van der Waals surface area (Å²) in [5.74, 6) is 2.00. The molecular formula is C20H33NO4S. The van der Waals surface area contributed by atoms with E-state index in [1.807, 2.05) is 17.9 Å². The van der Waals surface area contributed by atoms with E-state index in [4.69, 9.17) is 4.74 Å². The number of amides is 1. The van der Waals surface area contributed by atoms with Crippen molar-refractivity contribution in [1.82, 2.24) is 4.90 Å². The van der Waals surface area contributed by atoms with Gasteiger partial charge in [-0.15, -0.1) is 0 Å². The van der Waals surface area contributed by atoms with Crippen LogP contribution in [0.1, 0.15) is 71.6 Å². The first kappa shape index (κ1) is 22.7. The number of rotatable bonds is 14. The summed E-state index contributed by atoms with van der Waals surface area (Å²) in [5.41, 5.74) is 1.01. The van der Waals surface area contributed by atoms with Crippen molar-refractivity contribution in [2.24, 2.45) is 0 Å². The van der Waals surface area contributed by atoms with Crippen LogP contribution in [-0.4, -0.2) is 47.2 Å². The molecule has 1 saturated heterocycles. The van der Waals surface area contributed by atoms with Crippen molar-refractivity contribution in [1.29, 1.82) is 0 Å². The summed E-state index contributed by atoms with van der Waals surface area (Å²) in [6.07, 6.45) is 8.75. The number of thioether (sulfide) groups is 1. The monoisotopic (exact) mass is 383 g/mol. The molecule has 5 nitrogen and oxygen atoms in total. The third kappa shape index (κ3) is 9.41. The molecule has 6 heteroatoms. The third-order valence-corrected chi connectivity index (χ3v) is 5.35. The smallest absolute Gasteiger partial charge is 0.305 e. The van der Waals surface area contributed by atoms with E-state index in [9.17, 15) is 14.4 Å². The van der Waals surface area contributed by atoms with Crippen molar-refractivity contribution in [3.05, 3.63) is 11.8 Å². The highest BCUT2D eigenvalue weighted by atomic mass is 32.2. The quantitative estimate of drug-likeness (QED) is 0.334. The number of likely N-dealkylation sites (tertiary alicyclic amines) is 1. The molecule has 0 aliphatic carbocycles. The van der Waals surface area contributed by atoms with Crippen molar-refractivity contribution in [2.75, 3.05) is 24.7 Å². The first-order valence-electron chi connectivity index (χ1n) is 9.82. The summed E-state index contributed by atoms with van der Waals surface area (Å²) in [4.78, 5) is 37.1. The van der Waals surface area contributed by atoms with Gasteiger partial charge in [0.1, 0.15) is 5.78 Å². The molecule has 0 atom stereocenters. The number of nitrogens with zero attached hydrogens (tertiary/aromatic N) is 1. The van der Waals surface area contributed by atoms with Crippen LogP contribution in [0.25, 0.3) is 0 Å². The van der Waals surface area contributed by atoms with E-state index in [2.05, 4.69) is 6.92 Å². The van der Waals surface area contributed by atoms with Crippen molar-refractivity contribution in [2.45, 2.75) is 71.6 Å². The maximum Gasteiger partial charge on any atom is 0.305 e. The number of hydrogen-bond donors (Lipinski definition) is 0. The Morgan fingerprint density at radius 2 is 1.92 bits per heavy atom. The van der Waals surface area contributed by atoms with Gasteiger partial charge < -0.3 is 9.64 Å². The molecule has 0 aromatic carbocycles. The molecule has 1 fully saturated rings. The van der Waals surface area contributed by atoms with Gasteiger partial charge in [0.2, 0.25) is 5.91 Å². The van der Waals surface area contributed by atoms with Crippen LogP contribution in [0, 0.1) is 0 Å². The molecule has 0 aromatic rings. The molecule has 148 valence electrons. The summed E-state index contributed by atoms with van der Waals surface area (Å²) in [5, 5.41) is 0. The van der Waals surface area contributed by atoms with Crippen LogP contribution in [0.15, 0.2) is 11.8 Å². The predicted molar refractivity (Wildman–Crippen MR) is 106 cm³/mol. The summed E-state index contributed by atoms with van der Waals surface area (Å²) in [6.45, 7) is 5.05. The van der Waals surface area contributed by atoms with Crippen molar-refractivity contribution < 1.29 is 19.1 Å². The van der Waals surface area contributed by atoms with Gasteiger partial charge >= 0.3 is 5.97 Å². The van der Waals surface area contributed by atoms with Crippen LogP contribution < -0.4 is 0 Å². The number of unbranched alkanes of at least 4 members (excludes halogenated alkanes) is 2. The molecule has 1 rings (SSSR count). The Morgan fingerprint density at radius 1 is 1.12 bits per heavy atom. The minimum Gasteiger partial charge on any atom is -0.466 e. The van der Waals surface area contributed by atoms with E-state index in [1.54, 1.807) is 11.8 Å². The maximum absolute atomic E-state index is 12.1. The number of hydrogen-bond acceptors (Lipinski definition) is 5. The Balaban J connectivity index is 2.26. The highest BCUT2D eigenvalue weighted by Gasteiger charge is 2.24. The molecule has 0 saturated carbocycles. The van der Waals surface area contributed by atoms with Gasteiger partial charge in [-0.25, -0.2) is 0 Å². The van der Waals surface area contributed by atoms with Crippen molar-refractivity contribution in [3.63, 3.8) is 0 Å². The molecule has 0 spiro atoms. The van der Waals surface area contributed by atoms with Crippen LogP contribution >= 0.6 is 11.8 Å². The summed E-state index contributed by atoms with van der Waals surface area (Å²) in [6, 6.07) is 0. The minimum absolute atomic E-state index is 0.142. The second-order valence-corrected chi connectivity index (χ2v) is 7.69. The first-order chi connectivity index (χ1) is 12.6. The van der Waals surface area contributed by atoms with Gasteiger partial charge in [0.25, 0.3) is 0 Å². The standard InChI is InChI=1S/C20H33NO4S/c1-3-5-6-8-18(22)12-10-17-11-13-19(23)21(17)14-16-26-15-7-9-20(24)25-4-2/h10H,3-9,11-16H2,1-2H3. The molecule has 1 heterocycles. The Kier molecular flexibility index (Phi) is 12.1. The minimum atomic E-state index is -0.142. The van der Waals surface area contributed by atoms with Gasteiger partial charge in [0.15, 0.2) is 0 Å². The van der Waals surface area contributed by atoms with E-state index >= 15 is 0 Å². The largest absolute Gasteiger partial charge is 0.466 e. The fourth-order valence-electron chi connectivity index (χ4n) is 2.86. The average molecular weight is 384 g/mol. The normalized spacial score (nSPS) is 15.7. The van der Waals surface area contributed by atoms with Crippen LogP contribution in [0.2, 0.25) is 0 Å². The third-order valence-electron chi connectivity index (χ3n) is 4.30. The fraction of sp³-hybridized carbons (Fsp3) is 0.750. The van der Waals surface area contributed by atoms with Gasteiger partial charge in [-0.1, -0.05) is 25.8 Å². The molecular weight excluding hydrogens is 350 g/mol. The molecule has 26 heavy (non-hydrogen) atoms. The van der Waals surface area contributed by atoms with Crippen LogP contribution in [0.5, 0.6) is 0 Å². The zero-order chi connectivity index (χ0) is 19.2. The molecule has 0 N–H and O–H groups in total. The zero-order valence-corrected chi connectivity index (χ0v) is 17.1. The van der Waals surface area contributed by atoms with Gasteiger partial charge in [0, 0.05) is 43.7 Å². The van der Waals surface area contributed by atoms with E-state index in [0.717, 1.165) is 49.3 Å². The topological polar surface area (TPSA) is 63.7 Å². The Labute approximate surface area is 161 Å². The second-order valence-electron chi connectivity index (χ2n) is 6.46. The summed E-state index contributed by atoms with van der Waals surface area (Å²) >= 11 is 1.75. The van der Waals surface area contributed by atoms with Gasteiger partial charge in [-0.3, -0.25) is 14.4 Å². The van der Waals surface area contributed by atoms with Crippen LogP contribution in [-0.2, 0) is 19.1 Å². The lowest BCUT2D eigenvalue weighted by atomic mass is 10.1. The SMILES string of the molecule is CCCCCC(=O)CC=C1CCC(=O)N1CCSCCCC(=O)OCC. The molecule has 0 aromatic heterocycles. The fourth-order valence-corrected chi connectivity index (χ4v) is 3.73. The maximum atomic E-state index is 12.1. The number of Topliss-reactive ketones (excluding diaryl/α,β-unsaturated/α-hetero) is 1. The second kappa shape index (κ2) is 13.8. The predicted octanol–water partition coefficient (Wildman–Crippen LogP) is 4.11. The molecule has 0 bridgehead atoms. The van der Waals surface area contributed by atoms with E-state index in [-0.39, 0.29) is 17.7 Å². The number of ether oxygens (including phenoxy) is 1. The average Bonchev–Trinajstić information content (AvgIpc) is 2.96. The van der Waals surface area contributed by atoms with E-state index in [1.165, 1.54) is 0 Å². The number of carbonyl (C=O) groups is 3. The van der Waals surface area contributed by atoms with Gasteiger partial charge in [-0.2, -0.15) is 11.8 Å². The highest BCUT2D eigenvalue weighted by Crippen LogP contribution is 2.23. The Bertz CT molecular complexity index is 490.